The van der Waals surface area contributed by atoms with Crippen LogP contribution >= 0.6 is 15.9 Å². The number of halogens is 1. The van der Waals surface area contributed by atoms with E-state index in [-0.39, 0.29) is 22.9 Å². The van der Waals surface area contributed by atoms with Gasteiger partial charge >= 0.3 is 5.69 Å². The van der Waals surface area contributed by atoms with Crippen LogP contribution < -0.4 is 4.74 Å². The second-order valence-corrected chi connectivity index (χ2v) is 4.93. The number of carbonyl (C=O) groups is 1. The fourth-order valence-corrected chi connectivity index (χ4v) is 2.08. The van der Waals surface area contributed by atoms with Crippen molar-refractivity contribution in [2.75, 3.05) is 0 Å². The van der Waals surface area contributed by atoms with Crippen LogP contribution in [0.4, 0.5) is 5.69 Å². The fourth-order valence-electron chi connectivity index (χ4n) is 1.73. The zero-order valence-corrected chi connectivity index (χ0v) is 12.2. The fraction of sp³-hybridized carbons (Fsp3) is 0.167. The van der Waals surface area contributed by atoms with Crippen LogP contribution in [-0.4, -0.2) is 21.0 Å². The molecule has 0 amide bonds. The summed E-state index contributed by atoms with van der Waals surface area (Å²) in [4.78, 5) is 21.5. The Balaban J connectivity index is 2.50. The minimum absolute atomic E-state index is 0.0456. The van der Waals surface area contributed by atoms with Gasteiger partial charge < -0.3 is 4.74 Å². The number of carbonyl (C=O) groups excluding carboxylic acids is 1. The molecule has 1 aromatic carbocycles. The number of nitro groups is 1. The molecule has 0 aliphatic carbocycles. The molecule has 0 unspecified atom stereocenters. The molecule has 0 saturated heterocycles. The van der Waals surface area contributed by atoms with Gasteiger partial charge in [0, 0.05) is 17.6 Å². The minimum atomic E-state index is -0.552. The van der Waals surface area contributed by atoms with Crippen LogP contribution in [0.3, 0.4) is 0 Å². The highest BCUT2D eigenvalue weighted by Gasteiger charge is 2.21. The van der Waals surface area contributed by atoms with Gasteiger partial charge in [-0.2, -0.15) is 5.10 Å². The first-order valence-electron chi connectivity index (χ1n) is 5.54. The number of nitrogens with zero attached hydrogens (tertiary/aromatic N) is 3. The topological polar surface area (TPSA) is 87.3 Å². The highest BCUT2D eigenvalue weighted by atomic mass is 79.9. The number of aryl methyl sites for hydroxylation is 2. The maximum atomic E-state index is 11.0. The maximum Gasteiger partial charge on any atom is 0.312 e. The van der Waals surface area contributed by atoms with E-state index in [1.54, 1.807) is 20.0 Å². The number of benzene rings is 1. The SMILES string of the molecule is Cc1nn(C)c(Oc2ccc(Br)cc2[N+](=O)[O-])c1C=O. The molecule has 0 aliphatic heterocycles. The third kappa shape index (κ3) is 2.55. The predicted molar refractivity (Wildman–Crippen MR) is 74.2 cm³/mol. The largest absolute Gasteiger partial charge is 0.431 e. The number of nitro benzene ring substituents is 1. The van der Waals surface area contributed by atoms with E-state index in [2.05, 4.69) is 21.0 Å². The summed E-state index contributed by atoms with van der Waals surface area (Å²) in [7, 11) is 1.60. The Morgan fingerprint density at radius 2 is 2.20 bits per heavy atom. The number of hydrogen-bond donors (Lipinski definition) is 0. The van der Waals surface area contributed by atoms with Gasteiger partial charge in [0.1, 0.15) is 0 Å². The zero-order chi connectivity index (χ0) is 14.9. The van der Waals surface area contributed by atoms with E-state index in [0.717, 1.165) is 0 Å². The lowest BCUT2D eigenvalue weighted by Gasteiger charge is -2.07. The van der Waals surface area contributed by atoms with Crippen molar-refractivity contribution in [1.29, 1.82) is 0 Å². The van der Waals surface area contributed by atoms with Gasteiger partial charge in [-0.25, -0.2) is 4.68 Å². The summed E-state index contributed by atoms with van der Waals surface area (Å²) in [5, 5.41) is 15.1. The summed E-state index contributed by atoms with van der Waals surface area (Å²) in [6.45, 7) is 1.66. The Morgan fingerprint density at radius 1 is 1.50 bits per heavy atom. The molecular weight excluding hydrogens is 330 g/mol. The smallest absolute Gasteiger partial charge is 0.312 e. The molecule has 2 aromatic rings. The Labute approximate surface area is 122 Å². The van der Waals surface area contributed by atoms with E-state index in [9.17, 15) is 14.9 Å². The number of aldehydes is 1. The van der Waals surface area contributed by atoms with Gasteiger partial charge in [0.25, 0.3) is 0 Å². The Morgan fingerprint density at radius 3 is 2.80 bits per heavy atom. The lowest BCUT2D eigenvalue weighted by molar-refractivity contribution is -0.385. The molecular formula is C12H10BrN3O4. The molecule has 7 nitrogen and oxygen atoms in total. The number of rotatable bonds is 4. The molecule has 0 spiro atoms. The average molecular weight is 340 g/mol. The van der Waals surface area contributed by atoms with Gasteiger partial charge in [0.15, 0.2) is 6.29 Å². The van der Waals surface area contributed by atoms with Crippen LogP contribution in [0.1, 0.15) is 16.1 Å². The van der Waals surface area contributed by atoms with Crippen LogP contribution in [0.2, 0.25) is 0 Å². The first kappa shape index (κ1) is 14.2. The lowest BCUT2D eigenvalue weighted by Crippen LogP contribution is -1.99. The van der Waals surface area contributed by atoms with E-state index < -0.39 is 4.92 Å². The van der Waals surface area contributed by atoms with Gasteiger partial charge in [-0.15, -0.1) is 0 Å². The molecule has 0 N–H and O–H groups in total. The van der Waals surface area contributed by atoms with Gasteiger partial charge in [-0.3, -0.25) is 14.9 Å². The van der Waals surface area contributed by atoms with Crippen molar-refractivity contribution in [2.24, 2.45) is 7.05 Å². The molecule has 20 heavy (non-hydrogen) atoms. The second-order valence-electron chi connectivity index (χ2n) is 4.02. The van der Waals surface area contributed by atoms with Gasteiger partial charge in [0.05, 0.1) is 16.2 Å². The van der Waals surface area contributed by atoms with E-state index in [4.69, 9.17) is 4.74 Å². The van der Waals surface area contributed by atoms with Crippen molar-refractivity contribution >= 4 is 27.9 Å². The van der Waals surface area contributed by atoms with E-state index in [1.807, 2.05) is 0 Å². The summed E-state index contributed by atoms with van der Waals surface area (Å²) < 4.78 is 7.44. The third-order valence-electron chi connectivity index (χ3n) is 2.66. The molecule has 0 saturated carbocycles. The highest BCUT2D eigenvalue weighted by Crippen LogP contribution is 2.34. The molecule has 104 valence electrons. The van der Waals surface area contributed by atoms with Crippen LogP contribution in [0.5, 0.6) is 11.6 Å². The molecule has 1 aromatic heterocycles. The molecule has 0 bridgehead atoms. The number of ether oxygens (including phenoxy) is 1. The van der Waals surface area contributed by atoms with Crippen molar-refractivity contribution < 1.29 is 14.5 Å². The number of hydrogen-bond acceptors (Lipinski definition) is 5. The highest BCUT2D eigenvalue weighted by molar-refractivity contribution is 9.10. The van der Waals surface area contributed by atoms with Crippen LogP contribution in [-0.2, 0) is 7.05 Å². The third-order valence-corrected chi connectivity index (χ3v) is 3.15. The van der Waals surface area contributed by atoms with Crippen molar-refractivity contribution in [2.45, 2.75) is 6.92 Å². The van der Waals surface area contributed by atoms with Crippen molar-refractivity contribution in [3.8, 4) is 11.6 Å². The number of aromatic nitrogens is 2. The maximum absolute atomic E-state index is 11.0. The molecule has 0 fully saturated rings. The molecule has 8 heteroatoms. The molecule has 0 aliphatic rings. The average Bonchev–Trinajstić information content (AvgIpc) is 2.65. The molecule has 0 atom stereocenters. The Kier molecular flexibility index (Phi) is 3.84. The first-order valence-corrected chi connectivity index (χ1v) is 6.34. The standard InChI is InChI=1S/C12H10BrN3O4/c1-7-9(6-17)12(15(2)14-7)20-11-4-3-8(13)5-10(11)16(18)19/h3-6H,1-2H3. The van der Waals surface area contributed by atoms with E-state index in [0.29, 0.717) is 16.5 Å². The Bertz CT molecular complexity index is 696. The summed E-state index contributed by atoms with van der Waals surface area (Å²) in [6.07, 6.45) is 0.613. The Hall–Kier alpha value is -2.22. The molecule has 2 rings (SSSR count). The van der Waals surface area contributed by atoms with Gasteiger partial charge in [-0.05, 0) is 19.1 Å². The normalized spacial score (nSPS) is 10.3. The lowest BCUT2D eigenvalue weighted by atomic mass is 10.2. The molecule has 0 radical (unpaired) electrons. The summed E-state index contributed by atoms with van der Waals surface area (Å²) in [6, 6.07) is 4.41. The minimum Gasteiger partial charge on any atom is -0.431 e. The van der Waals surface area contributed by atoms with Crippen molar-refractivity contribution in [3.63, 3.8) is 0 Å². The van der Waals surface area contributed by atoms with Crippen LogP contribution in [0.25, 0.3) is 0 Å². The zero-order valence-electron chi connectivity index (χ0n) is 10.7. The van der Waals surface area contributed by atoms with E-state index >= 15 is 0 Å². The predicted octanol–water partition coefficient (Wildman–Crippen LogP) is 3.00. The second kappa shape index (κ2) is 5.41. The quantitative estimate of drug-likeness (QED) is 0.485. The van der Waals surface area contributed by atoms with Crippen molar-refractivity contribution in [3.05, 3.63) is 44.0 Å². The summed E-state index contributed by atoms with van der Waals surface area (Å²) in [5.74, 6) is 0.215. The molecule has 1 heterocycles. The van der Waals surface area contributed by atoms with Gasteiger partial charge in [0.2, 0.25) is 11.6 Å². The summed E-state index contributed by atoms with van der Waals surface area (Å²) in [5.41, 5.74) is 0.567. The van der Waals surface area contributed by atoms with Crippen LogP contribution in [0.15, 0.2) is 22.7 Å². The van der Waals surface area contributed by atoms with E-state index in [1.165, 1.54) is 16.8 Å². The monoisotopic (exact) mass is 339 g/mol. The first-order chi connectivity index (χ1) is 9.43. The van der Waals surface area contributed by atoms with Crippen LogP contribution in [0, 0.1) is 17.0 Å². The van der Waals surface area contributed by atoms with Crippen molar-refractivity contribution in [1.82, 2.24) is 9.78 Å². The van der Waals surface area contributed by atoms with Gasteiger partial charge in [-0.1, -0.05) is 15.9 Å². The summed E-state index contributed by atoms with van der Waals surface area (Å²) >= 11 is 3.16.